The van der Waals surface area contributed by atoms with Gasteiger partial charge < -0.3 is 14.8 Å². The molecule has 10 heteroatoms. The fourth-order valence-electron chi connectivity index (χ4n) is 2.46. The minimum Gasteiger partial charge on any atom is -0.493 e. The Morgan fingerprint density at radius 2 is 1.84 bits per heavy atom. The minimum absolute atomic E-state index is 0.0326. The first-order chi connectivity index (χ1) is 14.6. The standard InChI is InChI=1S/C21H22F3N3O4/c1-13(2)31-17-8-7-14(9-18(17)30-3)12-25-27-20(29)11-19(28)26-16-6-4-5-15(10-16)21(22,23)24/h4-10,12-13H,11H2,1-3H3,(H,26,28)(H,27,29). The number of anilines is 1. The third kappa shape index (κ3) is 7.65. The highest BCUT2D eigenvalue weighted by Gasteiger charge is 2.30. The van der Waals surface area contributed by atoms with E-state index in [2.05, 4.69) is 15.8 Å². The Labute approximate surface area is 177 Å². The summed E-state index contributed by atoms with van der Waals surface area (Å²) in [6, 6.07) is 9.19. The van der Waals surface area contributed by atoms with Crippen LogP contribution in [-0.2, 0) is 15.8 Å². The first-order valence-corrected chi connectivity index (χ1v) is 9.22. The summed E-state index contributed by atoms with van der Waals surface area (Å²) in [5.41, 5.74) is 1.83. The molecule has 0 bridgehead atoms. The number of carbonyl (C=O) groups is 2. The molecule has 31 heavy (non-hydrogen) atoms. The maximum absolute atomic E-state index is 12.7. The summed E-state index contributed by atoms with van der Waals surface area (Å²) in [6.07, 6.45) is -3.83. The molecule has 2 N–H and O–H groups in total. The van der Waals surface area contributed by atoms with Gasteiger partial charge in [-0.1, -0.05) is 6.07 Å². The molecular formula is C21H22F3N3O4. The third-order valence-corrected chi connectivity index (χ3v) is 3.75. The van der Waals surface area contributed by atoms with Gasteiger partial charge in [-0.2, -0.15) is 18.3 Å². The van der Waals surface area contributed by atoms with Crippen LogP contribution in [0.1, 0.15) is 31.4 Å². The van der Waals surface area contributed by atoms with Crippen molar-refractivity contribution in [3.05, 3.63) is 53.6 Å². The lowest BCUT2D eigenvalue weighted by Gasteiger charge is -2.13. The lowest BCUT2D eigenvalue weighted by molar-refractivity contribution is -0.137. The third-order valence-electron chi connectivity index (χ3n) is 3.75. The fraction of sp³-hybridized carbons (Fsp3) is 0.286. The Morgan fingerprint density at radius 1 is 1.10 bits per heavy atom. The predicted octanol–water partition coefficient (Wildman–Crippen LogP) is 3.98. The van der Waals surface area contributed by atoms with Crippen LogP contribution in [0.5, 0.6) is 11.5 Å². The second-order valence-electron chi connectivity index (χ2n) is 6.67. The topological polar surface area (TPSA) is 89.0 Å². The van der Waals surface area contributed by atoms with Crippen LogP contribution in [0, 0.1) is 0 Å². The zero-order valence-corrected chi connectivity index (χ0v) is 17.1. The highest BCUT2D eigenvalue weighted by molar-refractivity contribution is 6.03. The van der Waals surface area contributed by atoms with E-state index in [-0.39, 0.29) is 11.8 Å². The van der Waals surface area contributed by atoms with E-state index < -0.39 is 30.0 Å². The Balaban J connectivity index is 1.90. The number of nitrogens with zero attached hydrogens (tertiary/aromatic N) is 1. The number of alkyl halides is 3. The number of ether oxygens (including phenoxy) is 2. The first-order valence-electron chi connectivity index (χ1n) is 9.22. The lowest BCUT2D eigenvalue weighted by atomic mass is 10.2. The van der Waals surface area contributed by atoms with Crippen LogP contribution in [0.25, 0.3) is 0 Å². The van der Waals surface area contributed by atoms with Crippen LogP contribution in [0.4, 0.5) is 18.9 Å². The number of amides is 2. The number of hydrogen-bond donors (Lipinski definition) is 2. The molecule has 7 nitrogen and oxygen atoms in total. The molecule has 2 amide bonds. The predicted molar refractivity (Wildman–Crippen MR) is 109 cm³/mol. The number of carbonyl (C=O) groups excluding carboxylic acids is 2. The van der Waals surface area contributed by atoms with Crippen LogP contribution in [0.15, 0.2) is 47.6 Å². The molecule has 0 saturated heterocycles. The molecule has 0 aliphatic heterocycles. The van der Waals surface area contributed by atoms with Crippen LogP contribution >= 0.6 is 0 Å². The van der Waals surface area contributed by atoms with Gasteiger partial charge in [0, 0.05) is 5.69 Å². The summed E-state index contributed by atoms with van der Waals surface area (Å²) >= 11 is 0. The molecule has 0 fully saturated rings. The number of hydrogen-bond acceptors (Lipinski definition) is 5. The number of rotatable bonds is 8. The van der Waals surface area contributed by atoms with Crippen molar-refractivity contribution in [2.45, 2.75) is 32.5 Å². The second kappa shape index (κ2) is 10.5. The molecule has 0 radical (unpaired) electrons. The molecule has 0 unspecified atom stereocenters. The number of methoxy groups -OCH3 is 1. The van der Waals surface area contributed by atoms with Crippen molar-refractivity contribution >= 4 is 23.7 Å². The molecule has 0 aromatic heterocycles. The van der Waals surface area contributed by atoms with Crippen molar-refractivity contribution in [3.63, 3.8) is 0 Å². The van der Waals surface area contributed by atoms with E-state index in [1.807, 2.05) is 13.8 Å². The zero-order chi connectivity index (χ0) is 23.0. The maximum Gasteiger partial charge on any atom is 0.416 e. The molecule has 0 atom stereocenters. The Hall–Kier alpha value is -3.56. The van der Waals surface area contributed by atoms with E-state index in [0.29, 0.717) is 17.1 Å². The van der Waals surface area contributed by atoms with Gasteiger partial charge in [-0.05, 0) is 55.8 Å². The van der Waals surface area contributed by atoms with Gasteiger partial charge in [-0.3, -0.25) is 9.59 Å². The van der Waals surface area contributed by atoms with Gasteiger partial charge in [0.2, 0.25) is 11.8 Å². The Kier molecular flexibility index (Phi) is 8.00. The van der Waals surface area contributed by atoms with Crippen molar-refractivity contribution in [1.29, 1.82) is 0 Å². The summed E-state index contributed by atoms with van der Waals surface area (Å²) in [5.74, 6) is -0.453. The smallest absolute Gasteiger partial charge is 0.416 e. The summed E-state index contributed by atoms with van der Waals surface area (Å²) in [4.78, 5) is 23.7. The van der Waals surface area contributed by atoms with Gasteiger partial charge in [0.1, 0.15) is 6.42 Å². The van der Waals surface area contributed by atoms with E-state index in [0.717, 1.165) is 18.2 Å². The van der Waals surface area contributed by atoms with E-state index >= 15 is 0 Å². The number of hydrazone groups is 1. The van der Waals surface area contributed by atoms with Crippen LogP contribution in [0.2, 0.25) is 0 Å². The molecule has 0 aliphatic rings. The first kappa shape index (κ1) is 23.7. The van der Waals surface area contributed by atoms with Gasteiger partial charge >= 0.3 is 6.18 Å². The molecule has 0 saturated carbocycles. The average molecular weight is 437 g/mol. The summed E-state index contributed by atoms with van der Waals surface area (Å²) in [7, 11) is 1.49. The van der Waals surface area contributed by atoms with E-state index in [1.54, 1.807) is 18.2 Å². The van der Waals surface area contributed by atoms with Gasteiger partial charge in [0.15, 0.2) is 11.5 Å². The lowest BCUT2D eigenvalue weighted by Crippen LogP contribution is -2.24. The van der Waals surface area contributed by atoms with Gasteiger partial charge in [-0.25, -0.2) is 5.43 Å². The van der Waals surface area contributed by atoms with Crippen LogP contribution < -0.4 is 20.2 Å². The molecule has 2 aromatic carbocycles. The molecule has 0 heterocycles. The summed E-state index contributed by atoms with van der Waals surface area (Å²) in [6.45, 7) is 3.76. The molecule has 2 aromatic rings. The van der Waals surface area contributed by atoms with Crippen molar-refractivity contribution in [1.82, 2.24) is 5.43 Å². The molecule has 166 valence electrons. The monoisotopic (exact) mass is 437 g/mol. The van der Waals surface area contributed by atoms with Gasteiger partial charge in [0.25, 0.3) is 0 Å². The highest BCUT2D eigenvalue weighted by atomic mass is 19.4. The highest BCUT2D eigenvalue weighted by Crippen LogP contribution is 2.30. The van der Waals surface area contributed by atoms with Crippen LogP contribution in [-0.4, -0.2) is 31.2 Å². The number of nitrogens with one attached hydrogen (secondary N) is 2. The molecule has 0 spiro atoms. The van der Waals surface area contributed by atoms with Gasteiger partial charge in [-0.15, -0.1) is 0 Å². The average Bonchev–Trinajstić information content (AvgIpc) is 2.68. The molecule has 0 aliphatic carbocycles. The van der Waals surface area contributed by atoms with Crippen molar-refractivity contribution in [2.24, 2.45) is 5.10 Å². The van der Waals surface area contributed by atoms with E-state index in [4.69, 9.17) is 9.47 Å². The Morgan fingerprint density at radius 3 is 2.48 bits per heavy atom. The largest absolute Gasteiger partial charge is 0.493 e. The van der Waals surface area contributed by atoms with Crippen molar-refractivity contribution in [2.75, 3.05) is 12.4 Å². The maximum atomic E-state index is 12.7. The minimum atomic E-state index is -4.53. The second-order valence-corrected chi connectivity index (χ2v) is 6.67. The summed E-state index contributed by atoms with van der Waals surface area (Å²) in [5, 5.41) is 6.01. The van der Waals surface area contributed by atoms with Crippen molar-refractivity contribution in [3.8, 4) is 11.5 Å². The number of benzene rings is 2. The van der Waals surface area contributed by atoms with Crippen LogP contribution in [0.3, 0.4) is 0 Å². The van der Waals surface area contributed by atoms with Gasteiger partial charge in [0.05, 0.1) is 25.0 Å². The fourth-order valence-corrected chi connectivity index (χ4v) is 2.46. The van der Waals surface area contributed by atoms with E-state index in [9.17, 15) is 22.8 Å². The Bertz CT molecular complexity index is 959. The number of halogens is 3. The zero-order valence-electron chi connectivity index (χ0n) is 17.1. The SMILES string of the molecule is COc1cc(C=NNC(=O)CC(=O)Nc2cccc(C(F)(F)F)c2)ccc1OC(C)C. The van der Waals surface area contributed by atoms with Crippen molar-refractivity contribution < 1.29 is 32.2 Å². The quantitative estimate of drug-likeness (QED) is 0.371. The molecular weight excluding hydrogens is 415 g/mol. The molecule has 2 rings (SSSR count). The normalized spacial score (nSPS) is 11.5. The summed E-state index contributed by atoms with van der Waals surface area (Å²) < 4.78 is 49.0. The van der Waals surface area contributed by atoms with E-state index in [1.165, 1.54) is 19.4 Å².